The van der Waals surface area contributed by atoms with E-state index in [1.807, 2.05) is 0 Å². The fourth-order valence-corrected chi connectivity index (χ4v) is 3.17. The maximum Gasteiger partial charge on any atom is 0.335 e. The number of fused-ring (bicyclic) bond motifs is 2. The molecule has 0 saturated heterocycles. The molecule has 8 nitrogen and oxygen atoms in total. The van der Waals surface area contributed by atoms with Gasteiger partial charge in [-0.15, -0.1) is 5.10 Å². The molecule has 0 saturated carbocycles. The summed E-state index contributed by atoms with van der Waals surface area (Å²) < 4.78 is 0.693. The Labute approximate surface area is 138 Å². The van der Waals surface area contributed by atoms with Gasteiger partial charge in [0.25, 0.3) is 5.91 Å². The van der Waals surface area contributed by atoms with Crippen molar-refractivity contribution in [2.45, 2.75) is 0 Å². The first-order chi connectivity index (χ1) is 11.6. The molecule has 4 aromatic rings. The lowest BCUT2D eigenvalue weighted by molar-refractivity contribution is 0.0697. The fraction of sp³-hybridized carbons (Fsp3) is 0. The lowest BCUT2D eigenvalue weighted by Gasteiger charge is -2.00. The number of amides is 1. The highest BCUT2D eigenvalue weighted by molar-refractivity contribution is 7.22. The minimum atomic E-state index is -1.00. The molecular weight excluding hydrogens is 330 g/mol. The van der Waals surface area contributed by atoms with Crippen LogP contribution in [0.5, 0.6) is 0 Å². The molecule has 0 radical (unpaired) electrons. The minimum Gasteiger partial charge on any atom is -0.478 e. The van der Waals surface area contributed by atoms with Crippen molar-refractivity contribution in [1.82, 2.24) is 20.4 Å². The number of hydrogen-bond donors (Lipinski definition) is 3. The summed E-state index contributed by atoms with van der Waals surface area (Å²) in [6.07, 6.45) is 0. The Morgan fingerprint density at radius 1 is 1.08 bits per heavy atom. The second-order valence-electron chi connectivity index (χ2n) is 5.00. The quantitative estimate of drug-likeness (QED) is 0.527. The van der Waals surface area contributed by atoms with E-state index in [1.165, 1.54) is 23.5 Å². The van der Waals surface area contributed by atoms with Crippen LogP contribution in [0.15, 0.2) is 36.4 Å². The van der Waals surface area contributed by atoms with Gasteiger partial charge in [0.1, 0.15) is 5.52 Å². The van der Waals surface area contributed by atoms with E-state index in [2.05, 4.69) is 25.7 Å². The first-order valence-electron chi connectivity index (χ1n) is 6.86. The van der Waals surface area contributed by atoms with Gasteiger partial charge in [0.15, 0.2) is 5.13 Å². The summed E-state index contributed by atoms with van der Waals surface area (Å²) in [7, 11) is 0. The number of hydrogen-bond acceptors (Lipinski definition) is 6. The monoisotopic (exact) mass is 339 g/mol. The summed E-state index contributed by atoms with van der Waals surface area (Å²) in [6, 6.07) is 9.64. The van der Waals surface area contributed by atoms with Gasteiger partial charge in [-0.2, -0.15) is 0 Å². The zero-order valence-corrected chi connectivity index (χ0v) is 12.8. The number of aromatic carboxylic acids is 1. The Bertz CT molecular complexity index is 1100. The summed E-state index contributed by atoms with van der Waals surface area (Å²) in [5.74, 6) is -1.32. The summed E-state index contributed by atoms with van der Waals surface area (Å²) in [5, 5.41) is 22.4. The molecule has 0 bridgehead atoms. The van der Waals surface area contributed by atoms with Crippen molar-refractivity contribution in [1.29, 1.82) is 0 Å². The maximum atomic E-state index is 12.3. The van der Waals surface area contributed by atoms with Crippen molar-refractivity contribution >= 4 is 49.6 Å². The number of carboxylic acids is 1. The van der Waals surface area contributed by atoms with Crippen molar-refractivity contribution < 1.29 is 14.7 Å². The first kappa shape index (κ1) is 14.3. The lowest BCUT2D eigenvalue weighted by Crippen LogP contribution is -2.11. The Morgan fingerprint density at radius 3 is 2.71 bits per heavy atom. The number of rotatable bonds is 3. The molecule has 2 heterocycles. The normalized spacial score (nSPS) is 11.0. The van der Waals surface area contributed by atoms with Crippen molar-refractivity contribution in [3.63, 3.8) is 0 Å². The molecule has 118 valence electrons. The zero-order valence-electron chi connectivity index (χ0n) is 12.0. The summed E-state index contributed by atoms with van der Waals surface area (Å²) in [4.78, 5) is 27.6. The Balaban J connectivity index is 1.62. The minimum absolute atomic E-state index is 0.182. The fourth-order valence-electron chi connectivity index (χ4n) is 2.27. The number of nitrogens with zero attached hydrogens (tertiary/aromatic N) is 3. The number of thiazole rings is 1. The van der Waals surface area contributed by atoms with E-state index in [0.29, 0.717) is 31.9 Å². The van der Waals surface area contributed by atoms with Crippen LogP contribution in [0.1, 0.15) is 20.7 Å². The number of anilines is 1. The third kappa shape index (κ3) is 2.46. The maximum absolute atomic E-state index is 12.3. The number of carbonyl (C=O) groups excluding carboxylic acids is 1. The van der Waals surface area contributed by atoms with Crippen LogP contribution >= 0.6 is 11.3 Å². The second kappa shape index (κ2) is 5.39. The second-order valence-corrected chi connectivity index (χ2v) is 6.04. The largest absolute Gasteiger partial charge is 0.478 e. The van der Waals surface area contributed by atoms with E-state index < -0.39 is 5.97 Å². The van der Waals surface area contributed by atoms with E-state index in [1.54, 1.807) is 24.3 Å². The smallest absolute Gasteiger partial charge is 0.335 e. The molecule has 4 rings (SSSR count). The first-order valence-corrected chi connectivity index (χ1v) is 7.68. The zero-order chi connectivity index (χ0) is 16.7. The Kier molecular flexibility index (Phi) is 3.21. The van der Waals surface area contributed by atoms with E-state index in [9.17, 15) is 9.59 Å². The molecule has 2 aromatic carbocycles. The summed E-state index contributed by atoms with van der Waals surface area (Å²) in [6.45, 7) is 0. The molecule has 0 aliphatic heterocycles. The van der Waals surface area contributed by atoms with Gasteiger partial charge in [0.05, 0.1) is 21.3 Å². The van der Waals surface area contributed by atoms with Crippen LogP contribution in [0.3, 0.4) is 0 Å². The van der Waals surface area contributed by atoms with Gasteiger partial charge < -0.3 is 5.11 Å². The van der Waals surface area contributed by atoms with Crippen molar-refractivity contribution in [2.75, 3.05) is 5.32 Å². The van der Waals surface area contributed by atoms with Crippen LogP contribution in [0, 0.1) is 0 Å². The molecule has 9 heteroatoms. The van der Waals surface area contributed by atoms with Crippen molar-refractivity contribution in [2.24, 2.45) is 0 Å². The van der Waals surface area contributed by atoms with Crippen LogP contribution in [0.4, 0.5) is 5.13 Å². The highest BCUT2D eigenvalue weighted by Gasteiger charge is 2.12. The molecule has 0 aliphatic rings. The number of nitrogens with one attached hydrogen (secondary N) is 2. The highest BCUT2D eigenvalue weighted by atomic mass is 32.1. The molecule has 2 aromatic heterocycles. The molecule has 3 N–H and O–H groups in total. The van der Waals surface area contributed by atoms with Crippen molar-refractivity contribution in [3.05, 3.63) is 47.5 Å². The van der Waals surface area contributed by atoms with Gasteiger partial charge in [-0.3, -0.25) is 15.2 Å². The van der Waals surface area contributed by atoms with Crippen LogP contribution in [-0.2, 0) is 0 Å². The molecule has 24 heavy (non-hydrogen) atoms. The number of aromatic amines is 1. The molecule has 0 aliphatic carbocycles. The van der Waals surface area contributed by atoms with Gasteiger partial charge >= 0.3 is 5.97 Å². The Morgan fingerprint density at radius 2 is 1.88 bits per heavy atom. The van der Waals surface area contributed by atoms with Crippen LogP contribution in [0.2, 0.25) is 0 Å². The molecule has 1 amide bonds. The van der Waals surface area contributed by atoms with Crippen LogP contribution in [0.25, 0.3) is 21.3 Å². The van der Waals surface area contributed by atoms with Crippen molar-refractivity contribution in [3.8, 4) is 0 Å². The number of aromatic nitrogens is 4. The Hall–Kier alpha value is -3.33. The predicted octanol–water partition coefficient (Wildman–Crippen LogP) is 2.52. The van der Waals surface area contributed by atoms with Gasteiger partial charge in [-0.1, -0.05) is 16.6 Å². The standard InChI is InChI=1S/C15H9N5O3S/c21-13(7-1-3-9-11(5-7)19-20-18-9)17-15-16-10-4-2-8(14(22)23)6-12(10)24-15/h1-6H,(H,22,23)(H,16,17,21)(H,18,19,20). The SMILES string of the molecule is O=C(O)c1ccc2nc(NC(=O)c3ccc4nn[nH]c4c3)sc2c1. The average Bonchev–Trinajstić information content (AvgIpc) is 3.18. The lowest BCUT2D eigenvalue weighted by atomic mass is 10.2. The third-order valence-corrected chi connectivity index (χ3v) is 4.38. The van der Waals surface area contributed by atoms with Crippen LogP contribution < -0.4 is 5.32 Å². The van der Waals surface area contributed by atoms with Gasteiger partial charge in [0, 0.05) is 5.56 Å². The van der Waals surface area contributed by atoms with E-state index in [4.69, 9.17) is 5.11 Å². The summed E-state index contributed by atoms with van der Waals surface area (Å²) >= 11 is 1.22. The van der Waals surface area contributed by atoms with E-state index >= 15 is 0 Å². The predicted molar refractivity (Wildman–Crippen MR) is 88.4 cm³/mol. The van der Waals surface area contributed by atoms with Gasteiger partial charge in [0.2, 0.25) is 0 Å². The van der Waals surface area contributed by atoms with Crippen LogP contribution in [-0.4, -0.2) is 37.4 Å². The number of H-pyrrole nitrogens is 1. The number of carbonyl (C=O) groups is 2. The molecule has 0 unspecified atom stereocenters. The van der Waals surface area contributed by atoms with E-state index in [-0.39, 0.29) is 11.5 Å². The molecule has 0 spiro atoms. The number of carboxylic acid groups (broad SMARTS) is 1. The average molecular weight is 339 g/mol. The third-order valence-electron chi connectivity index (χ3n) is 3.44. The molecule has 0 atom stereocenters. The topological polar surface area (TPSA) is 121 Å². The van der Waals surface area contributed by atoms with Gasteiger partial charge in [-0.25, -0.2) is 9.78 Å². The summed E-state index contributed by atoms with van der Waals surface area (Å²) in [5.41, 5.74) is 2.60. The van der Waals surface area contributed by atoms with Gasteiger partial charge in [-0.05, 0) is 36.4 Å². The highest BCUT2D eigenvalue weighted by Crippen LogP contribution is 2.27. The number of benzene rings is 2. The molecule has 0 fully saturated rings. The van der Waals surface area contributed by atoms with E-state index in [0.717, 1.165) is 0 Å². The molecular formula is C15H9N5O3S.